The van der Waals surface area contributed by atoms with Gasteiger partial charge >= 0.3 is 5.97 Å². The third kappa shape index (κ3) is 2.14. The lowest BCUT2D eigenvalue weighted by Crippen LogP contribution is -2.50. The van der Waals surface area contributed by atoms with E-state index in [0.29, 0.717) is 0 Å². The van der Waals surface area contributed by atoms with E-state index in [1.165, 1.54) is 4.90 Å². The number of benzene rings is 1. The minimum Gasteiger partial charge on any atom is -0.479 e. The van der Waals surface area contributed by atoms with Crippen LogP contribution < -0.4 is 0 Å². The first-order valence-electron chi connectivity index (χ1n) is 5.26. The average Bonchev–Trinajstić information content (AvgIpc) is 2.33. The number of ether oxygens (including phenoxy) is 1. The molecule has 5 heteroatoms. The van der Waals surface area contributed by atoms with E-state index in [1.807, 2.05) is 6.07 Å². The summed E-state index contributed by atoms with van der Waals surface area (Å²) in [6, 6.07) is 8.46. The fourth-order valence-electron chi connectivity index (χ4n) is 1.97. The molecule has 17 heavy (non-hydrogen) atoms. The van der Waals surface area contributed by atoms with E-state index in [2.05, 4.69) is 0 Å². The first-order chi connectivity index (χ1) is 8.11. The molecule has 2 atom stereocenters. The molecule has 0 saturated carbocycles. The van der Waals surface area contributed by atoms with E-state index in [-0.39, 0.29) is 12.5 Å². The van der Waals surface area contributed by atoms with Crippen molar-refractivity contribution >= 4 is 11.9 Å². The third-order valence-corrected chi connectivity index (χ3v) is 2.87. The van der Waals surface area contributed by atoms with Crippen molar-refractivity contribution < 1.29 is 19.4 Å². The number of nitrogens with zero attached hydrogens (tertiary/aromatic N) is 1. The molecule has 1 aromatic carbocycles. The lowest BCUT2D eigenvalue weighted by molar-refractivity contribution is -0.171. The Morgan fingerprint density at radius 2 is 2.06 bits per heavy atom. The van der Waals surface area contributed by atoms with Gasteiger partial charge in [-0.15, -0.1) is 0 Å². The quantitative estimate of drug-likeness (QED) is 0.818. The Labute approximate surface area is 98.6 Å². The number of morpholine rings is 1. The number of rotatable bonds is 2. The number of carboxylic acids is 1. The first-order valence-corrected chi connectivity index (χ1v) is 5.26. The second-order valence-corrected chi connectivity index (χ2v) is 3.93. The van der Waals surface area contributed by atoms with Gasteiger partial charge in [0.05, 0.1) is 6.04 Å². The van der Waals surface area contributed by atoms with Crippen LogP contribution in [0.1, 0.15) is 11.6 Å². The number of aliphatic carboxylic acids is 1. The van der Waals surface area contributed by atoms with Crippen LogP contribution in [0.2, 0.25) is 0 Å². The van der Waals surface area contributed by atoms with Gasteiger partial charge < -0.3 is 14.7 Å². The fourth-order valence-corrected chi connectivity index (χ4v) is 1.97. The smallest absolute Gasteiger partial charge is 0.335 e. The molecule has 5 nitrogen and oxygen atoms in total. The van der Waals surface area contributed by atoms with Gasteiger partial charge in [-0.3, -0.25) is 4.79 Å². The number of carboxylic acid groups (broad SMARTS) is 1. The van der Waals surface area contributed by atoms with E-state index in [1.54, 1.807) is 31.3 Å². The standard InChI is InChI=1S/C12H13NO4/c1-13-9(14)7-17-11(12(15)16)10(13)8-5-3-2-4-6-8/h2-6,10-11H,7H2,1H3,(H,15,16)/t10-,11+/m1/s1. The second-order valence-electron chi connectivity index (χ2n) is 3.93. The minimum absolute atomic E-state index is 0.184. The molecule has 1 aromatic rings. The van der Waals surface area contributed by atoms with Crippen LogP contribution >= 0.6 is 0 Å². The van der Waals surface area contributed by atoms with Crippen molar-refractivity contribution in [1.29, 1.82) is 0 Å². The molecule has 1 N–H and O–H groups in total. The molecule has 1 aliphatic rings. The summed E-state index contributed by atoms with van der Waals surface area (Å²) in [4.78, 5) is 24.1. The predicted octanol–water partition coefficient (Wildman–Crippen LogP) is 0.669. The van der Waals surface area contributed by atoms with E-state index < -0.39 is 18.1 Å². The molecule has 0 bridgehead atoms. The summed E-state index contributed by atoms with van der Waals surface area (Å²) in [7, 11) is 1.60. The van der Waals surface area contributed by atoms with Crippen molar-refractivity contribution in [2.45, 2.75) is 12.1 Å². The fraction of sp³-hybridized carbons (Fsp3) is 0.333. The average molecular weight is 235 g/mol. The number of amides is 1. The molecule has 1 fully saturated rings. The number of carbonyl (C=O) groups is 2. The van der Waals surface area contributed by atoms with Crippen molar-refractivity contribution in [3.63, 3.8) is 0 Å². The van der Waals surface area contributed by atoms with Gasteiger partial charge in [-0.05, 0) is 5.56 Å². The molecule has 0 spiro atoms. The van der Waals surface area contributed by atoms with Gasteiger partial charge in [-0.1, -0.05) is 30.3 Å². The van der Waals surface area contributed by atoms with E-state index in [0.717, 1.165) is 5.56 Å². The maximum atomic E-state index is 11.6. The highest BCUT2D eigenvalue weighted by Gasteiger charge is 2.39. The molecule has 90 valence electrons. The van der Waals surface area contributed by atoms with E-state index in [4.69, 9.17) is 9.84 Å². The number of likely N-dealkylation sites (N-methyl/N-ethyl adjacent to an activating group) is 1. The Morgan fingerprint density at radius 1 is 1.41 bits per heavy atom. The lowest BCUT2D eigenvalue weighted by Gasteiger charge is -2.37. The molecule has 0 aliphatic carbocycles. The summed E-state index contributed by atoms with van der Waals surface area (Å²) < 4.78 is 5.10. The molecule has 1 amide bonds. The highest BCUT2D eigenvalue weighted by atomic mass is 16.5. The molecule has 2 rings (SSSR count). The van der Waals surface area contributed by atoms with Crippen LogP contribution in [-0.4, -0.2) is 41.6 Å². The van der Waals surface area contributed by atoms with Crippen LogP contribution in [0.25, 0.3) is 0 Å². The van der Waals surface area contributed by atoms with Crippen molar-refractivity contribution in [2.24, 2.45) is 0 Å². The molecule has 0 unspecified atom stereocenters. The summed E-state index contributed by atoms with van der Waals surface area (Å²) in [5.74, 6) is -1.27. The van der Waals surface area contributed by atoms with Crippen LogP contribution in [0.3, 0.4) is 0 Å². The van der Waals surface area contributed by atoms with Crippen LogP contribution in [-0.2, 0) is 14.3 Å². The third-order valence-electron chi connectivity index (χ3n) is 2.87. The van der Waals surface area contributed by atoms with Gasteiger partial charge in [-0.25, -0.2) is 4.79 Å². The summed E-state index contributed by atoms with van der Waals surface area (Å²) >= 11 is 0. The van der Waals surface area contributed by atoms with E-state index >= 15 is 0 Å². The van der Waals surface area contributed by atoms with Gasteiger partial charge in [0, 0.05) is 7.05 Å². The summed E-state index contributed by atoms with van der Waals surface area (Å²) in [5, 5.41) is 9.11. The maximum absolute atomic E-state index is 11.6. The number of hydrogen-bond donors (Lipinski definition) is 1. The second kappa shape index (κ2) is 4.55. The Hall–Kier alpha value is -1.88. The molecule has 1 aliphatic heterocycles. The zero-order valence-corrected chi connectivity index (χ0v) is 9.37. The Kier molecular flexibility index (Phi) is 3.10. The summed E-state index contributed by atoms with van der Waals surface area (Å²) in [5.41, 5.74) is 0.760. The first kappa shape index (κ1) is 11.6. The molecule has 0 radical (unpaired) electrons. The molecule has 0 aromatic heterocycles. The Bertz CT molecular complexity index is 431. The number of carbonyl (C=O) groups excluding carboxylic acids is 1. The lowest BCUT2D eigenvalue weighted by atomic mass is 9.98. The number of hydrogen-bond acceptors (Lipinski definition) is 3. The van der Waals surface area contributed by atoms with Gasteiger partial charge in [0.15, 0.2) is 6.10 Å². The summed E-state index contributed by atoms with van der Waals surface area (Å²) in [6.45, 7) is -0.184. The SMILES string of the molecule is CN1C(=O)CO[C@H](C(=O)O)[C@H]1c1ccccc1. The molecule has 1 saturated heterocycles. The normalized spacial score (nSPS) is 24.8. The van der Waals surface area contributed by atoms with Crippen molar-refractivity contribution in [3.05, 3.63) is 35.9 Å². The van der Waals surface area contributed by atoms with Gasteiger partial charge in [0.2, 0.25) is 5.91 Å². The van der Waals surface area contributed by atoms with Crippen LogP contribution in [0, 0.1) is 0 Å². The van der Waals surface area contributed by atoms with Gasteiger partial charge in [0.1, 0.15) is 6.61 Å². The zero-order valence-electron chi connectivity index (χ0n) is 9.37. The summed E-state index contributed by atoms with van der Waals surface area (Å²) in [6.07, 6.45) is -1.01. The largest absolute Gasteiger partial charge is 0.479 e. The van der Waals surface area contributed by atoms with Crippen molar-refractivity contribution in [1.82, 2.24) is 4.90 Å². The van der Waals surface area contributed by atoms with Gasteiger partial charge in [0.25, 0.3) is 0 Å². The highest BCUT2D eigenvalue weighted by molar-refractivity contribution is 5.82. The van der Waals surface area contributed by atoms with Crippen LogP contribution in [0.4, 0.5) is 0 Å². The molecular formula is C12H13NO4. The van der Waals surface area contributed by atoms with Crippen molar-refractivity contribution in [2.75, 3.05) is 13.7 Å². The van der Waals surface area contributed by atoms with E-state index in [9.17, 15) is 9.59 Å². The predicted molar refractivity (Wildman–Crippen MR) is 59.3 cm³/mol. The highest BCUT2D eigenvalue weighted by Crippen LogP contribution is 2.28. The maximum Gasteiger partial charge on any atom is 0.335 e. The van der Waals surface area contributed by atoms with Crippen LogP contribution in [0.5, 0.6) is 0 Å². The monoisotopic (exact) mass is 235 g/mol. The van der Waals surface area contributed by atoms with Gasteiger partial charge in [-0.2, -0.15) is 0 Å². The Balaban J connectivity index is 2.37. The molecule has 1 heterocycles. The topological polar surface area (TPSA) is 66.8 Å². The Morgan fingerprint density at radius 3 is 2.65 bits per heavy atom. The minimum atomic E-state index is -1.06. The zero-order chi connectivity index (χ0) is 12.4. The van der Waals surface area contributed by atoms with Crippen molar-refractivity contribution in [3.8, 4) is 0 Å². The van der Waals surface area contributed by atoms with Crippen LogP contribution in [0.15, 0.2) is 30.3 Å². The molecular weight excluding hydrogens is 222 g/mol.